The normalized spacial score (nSPS) is 16.1. The Bertz CT molecular complexity index is 836. The van der Waals surface area contributed by atoms with E-state index in [0.717, 1.165) is 18.4 Å². The van der Waals surface area contributed by atoms with Gasteiger partial charge in [0.1, 0.15) is 16.8 Å². The summed E-state index contributed by atoms with van der Waals surface area (Å²) in [6.07, 6.45) is 6.00. The second-order valence-electron chi connectivity index (χ2n) is 6.46. The van der Waals surface area contributed by atoms with Crippen LogP contribution in [0.5, 0.6) is 0 Å². The number of nitrogens with one attached hydrogen (secondary N) is 1. The Morgan fingerprint density at radius 2 is 1.92 bits per heavy atom. The van der Waals surface area contributed by atoms with E-state index in [1.807, 2.05) is 36.4 Å². The molecule has 1 heterocycles. The number of aromatic nitrogens is 1. The van der Waals surface area contributed by atoms with E-state index in [-0.39, 0.29) is 17.5 Å². The highest BCUT2D eigenvalue weighted by Gasteiger charge is 2.28. The van der Waals surface area contributed by atoms with E-state index in [2.05, 4.69) is 10.3 Å². The number of carbonyl (C=O) groups is 1. The highest BCUT2D eigenvalue weighted by atomic mass is 35.5. The van der Waals surface area contributed by atoms with Gasteiger partial charge in [-0.25, -0.2) is 4.98 Å². The number of hydrogen-bond acceptors (Lipinski definition) is 3. The Balaban J connectivity index is 1.83. The fourth-order valence-electron chi connectivity index (χ4n) is 3.44. The fourth-order valence-corrected chi connectivity index (χ4v) is 3.61. The predicted octanol–water partition coefficient (Wildman–Crippen LogP) is 4.69. The van der Waals surface area contributed by atoms with Crippen molar-refractivity contribution in [1.82, 2.24) is 10.3 Å². The third-order valence-corrected chi connectivity index (χ3v) is 4.92. The van der Waals surface area contributed by atoms with Crippen molar-refractivity contribution in [1.29, 1.82) is 5.26 Å². The van der Waals surface area contributed by atoms with Crippen LogP contribution in [0.15, 0.2) is 54.1 Å². The van der Waals surface area contributed by atoms with Crippen molar-refractivity contribution in [2.75, 3.05) is 0 Å². The third kappa shape index (κ3) is 4.50. The van der Waals surface area contributed by atoms with Crippen molar-refractivity contribution >= 4 is 23.6 Å². The summed E-state index contributed by atoms with van der Waals surface area (Å²) in [5, 5.41) is 12.8. The summed E-state index contributed by atoms with van der Waals surface area (Å²) in [6, 6.07) is 16.9. The average molecular weight is 366 g/mol. The average Bonchev–Trinajstić information content (AvgIpc) is 3.19. The highest BCUT2D eigenvalue weighted by Crippen LogP contribution is 2.35. The molecule has 0 aliphatic heterocycles. The lowest BCUT2D eigenvalue weighted by Gasteiger charge is -2.25. The highest BCUT2D eigenvalue weighted by molar-refractivity contribution is 6.29. The zero-order valence-corrected chi connectivity index (χ0v) is 15.1. The van der Waals surface area contributed by atoms with E-state index in [1.165, 1.54) is 18.9 Å². The van der Waals surface area contributed by atoms with E-state index < -0.39 is 0 Å². The summed E-state index contributed by atoms with van der Waals surface area (Å²) in [5.41, 5.74) is 1.59. The Morgan fingerprint density at radius 1 is 1.19 bits per heavy atom. The molecule has 0 unspecified atom stereocenters. The molecule has 132 valence electrons. The summed E-state index contributed by atoms with van der Waals surface area (Å²) in [5.74, 6) is 0.0145. The van der Waals surface area contributed by atoms with Gasteiger partial charge in [0, 0.05) is 0 Å². The Kier molecular flexibility index (Phi) is 6.04. The maximum absolute atomic E-state index is 12.7. The summed E-state index contributed by atoms with van der Waals surface area (Å²) in [4.78, 5) is 16.9. The first kappa shape index (κ1) is 18.2. The van der Waals surface area contributed by atoms with Gasteiger partial charge in [-0.15, -0.1) is 0 Å². The molecule has 0 bridgehead atoms. The zero-order valence-electron chi connectivity index (χ0n) is 14.4. The minimum absolute atomic E-state index is 0.0266. The molecule has 1 amide bonds. The van der Waals surface area contributed by atoms with Gasteiger partial charge in [-0.1, -0.05) is 60.8 Å². The molecule has 4 nitrogen and oxygen atoms in total. The number of halogens is 1. The first-order valence-electron chi connectivity index (χ1n) is 8.77. The van der Waals surface area contributed by atoms with Gasteiger partial charge >= 0.3 is 0 Å². The van der Waals surface area contributed by atoms with Crippen molar-refractivity contribution < 1.29 is 4.79 Å². The number of nitriles is 1. The SMILES string of the molecule is N#CC(=Cc1cccc(Cl)n1)C(=O)N[C@H](c1ccccc1)C1CCCC1. The smallest absolute Gasteiger partial charge is 0.262 e. The number of hydrogen-bond donors (Lipinski definition) is 1. The third-order valence-electron chi connectivity index (χ3n) is 4.71. The molecule has 2 aromatic rings. The molecule has 1 aromatic heterocycles. The molecule has 1 aromatic carbocycles. The Hall–Kier alpha value is -2.64. The number of amides is 1. The van der Waals surface area contributed by atoms with Gasteiger partial charge in [0.15, 0.2) is 0 Å². The van der Waals surface area contributed by atoms with Gasteiger partial charge in [-0.2, -0.15) is 5.26 Å². The quantitative estimate of drug-likeness (QED) is 0.475. The molecular weight excluding hydrogens is 346 g/mol. The number of benzene rings is 1. The van der Waals surface area contributed by atoms with Crippen LogP contribution in [0.25, 0.3) is 6.08 Å². The zero-order chi connectivity index (χ0) is 18.4. The molecule has 0 radical (unpaired) electrons. The van der Waals surface area contributed by atoms with Gasteiger partial charge in [0.2, 0.25) is 0 Å². The standard InChI is InChI=1S/C21H20ClN3O/c22-19-12-6-11-18(24-19)13-17(14-23)21(26)25-20(16-9-4-5-10-16)15-7-2-1-3-8-15/h1-3,6-8,11-13,16,20H,4-5,9-10H2,(H,25,26)/t20-/m1/s1. The number of rotatable bonds is 5. The number of pyridine rings is 1. The van der Waals surface area contributed by atoms with Gasteiger partial charge in [-0.05, 0) is 42.5 Å². The molecule has 0 spiro atoms. The lowest BCUT2D eigenvalue weighted by molar-refractivity contribution is -0.118. The summed E-state index contributed by atoms with van der Waals surface area (Å²) >= 11 is 5.88. The van der Waals surface area contributed by atoms with Gasteiger partial charge in [0.05, 0.1) is 11.7 Å². The monoisotopic (exact) mass is 365 g/mol. The Morgan fingerprint density at radius 3 is 2.58 bits per heavy atom. The van der Waals surface area contributed by atoms with E-state index in [1.54, 1.807) is 18.2 Å². The van der Waals surface area contributed by atoms with Crippen LogP contribution in [0.3, 0.4) is 0 Å². The van der Waals surface area contributed by atoms with Crippen molar-refractivity contribution in [2.45, 2.75) is 31.7 Å². The number of carbonyl (C=O) groups excluding carboxylic acids is 1. The van der Waals surface area contributed by atoms with E-state index in [0.29, 0.717) is 16.8 Å². The van der Waals surface area contributed by atoms with Crippen LogP contribution in [-0.4, -0.2) is 10.9 Å². The molecule has 1 aliphatic rings. The summed E-state index contributed by atoms with van der Waals surface area (Å²) in [6.45, 7) is 0. The first-order chi connectivity index (χ1) is 12.7. The lowest BCUT2D eigenvalue weighted by Crippen LogP contribution is -2.33. The topological polar surface area (TPSA) is 65.8 Å². The van der Waals surface area contributed by atoms with Gasteiger partial charge in [-0.3, -0.25) is 4.79 Å². The lowest BCUT2D eigenvalue weighted by atomic mass is 9.91. The van der Waals surface area contributed by atoms with Crippen molar-refractivity contribution in [3.63, 3.8) is 0 Å². The number of nitrogens with zero attached hydrogens (tertiary/aromatic N) is 2. The molecule has 26 heavy (non-hydrogen) atoms. The second-order valence-corrected chi connectivity index (χ2v) is 6.85. The fraction of sp³-hybridized carbons (Fsp3) is 0.286. The molecule has 1 aliphatic carbocycles. The minimum atomic E-state index is -0.380. The van der Waals surface area contributed by atoms with Crippen molar-refractivity contribution in [3.8, 4) is 6.07 Å². The van der Waals surface area contributed by atoms with E-state index in [9.17, 15) is 10.1 Å². The van der Waals surface area contributed by atoms with Gasteiger partial charge in [0.25, 0.3) is 5.91 Å². The minimum Gasteiger partial charge on any atom is -0.344 e. The van der Waals surface area contributed by atoms with E-state index in [4.69, 9.17) is 11.6 Å². The molecule has 1 fully saturated rings. The van der Waals surface area contributed by atoms with Crippen LogP contribution in [0.4, 0.5) is 0 Å². The first-order valence-corrected chi connectivity index (χ1v) is 9.15. The molecule has 0 saturated heterocycles. The largest absolute Gasteiger partial charge is 0.344 e. The molecular formula is C21H20ClN3O. The molecule has 1 atom stereocenters. The maximum atomic E-state index is 12.7. The molecule has 1 N–H and O–H groups in total. The second kappa shape index (κ2) is 8.64. The van der Waals surface area contributed by atoms with Crippen LogP contribution in [0.2, 0.25) is 5.15 Å². The molecule has 1 saturated carbocycles. The van der Waals surface area contributed by atoms with Gasteiger partial charge < -0.3 is 5.32 Å². The van der Waals surface area contributed by atoms with Crippen LogP contribution < -0.4 is 5.32 Å². The predicted molar refractivity (Wildman–Crippen MR) is 102 cm³/mol. The van der Waals surface area contributed by atoms with E-state index >= 15 is 0 Å². The van der Waals surface area contributed by atoms with Crippen LogP contribution >= 0.6 is 11.6 Å². The summed E-state index contributed by atoms with van der Waals surface area (Å²) in [7, 11) is 0. The van der Waals surface area contributed by atoms with Crippen molar-refractivity contribution in [2.24, 2.45) is 5.92 Å². The molecule has 5 heteroatoms. The summed E-state index contributed by atoms with van der Waals surface area (Å²) < 4.78 is 0. The Labute approximate surface area is 158 Å². The van der Waals surface area contributed by atoms with Crippen LogP contribution in [0.1, 0.15) is 43.0 Å². The maximum Gasteiger partial charge on any atom is 0.262 e. The van der Waals surface area contributed by atoms with Crippen molar-refractivity contribution in [3.05, 3.63) is 70.5 Å². The van der Waals surface area contributed by atoms with Crippen LogP contribution in [0, 0.1) is 17.2 Å². The molecule has 3 rings (SSSR count). The van der Waals surface area contributed by atoms with Crippen LogP contribution in [-0.2, 0) is 4.79 Å².